The molecule has 6 heteroatoms. The number of phenols is 1. The van der Waals surface area contributed by atoms with E-state index >= 15 is 0 Å². The van der Waals surface area contributed by atoms with Crippen LogP contribution in [0.2, 0.25) is 5.02 Å². The summed E-state index contributed by atoms with van der Waals surface area (Å²) in [6, 6.07) is 8.88. The molecule has 2 aromatic rings. The predicted molar refractivity (Wildman–Crippen MR) is 96.0 cm³/mol. The molecule has 0 aliphatic carbocycles. The van der Waals surface area contributed by atoms with E-state index in [9.17, 15) is 9.90 Å². The van der Waals surface area contributed by atoms with Crippen LogP contribution in [-0.2, 0) is 4.79 Å². The van der Waals surface area contributed by atoms with Gasteiger partial charge in [-0.05, 0) is 43.7 Å². The summed E-state index contributed by atoms with van der Waals surface area (Å²) in [6.45, 7) is 6.00. The van der Waals surface area contributed by atoms with Crippen molar-refractivity contribution in [2.24, 2.45) is 0 Å². The van der Waals surface area contributed by atoms with Gasteiger partial charge >= 0.3 is 0 Å². The predicted octanol–water partition coefficient (Wildman–Crippen LogP) is 4.49. The lowest BCUT2D eigenvalue weighted by Crippen LogP contribution is -2.08. The Hall–Kier alpha value is -2.40. The average Bonchev–Trinajstić information content (AvgIpc) is 2.47. The summed E-state index contributed by atoms with van der Waals surface area (Å²) in [7, 11) is 0. The number of hydrogen-bond acceptors (Lipinski definition) is 4. The molecule has 0 aliphatic rings. The molecule has 0 aliphatic heterocycles. The van der Waals surface area contributed by atoms with E-state index in [-0.39, 0.29) is 11.7 Å². The zero-order valence-corrected chi connectivity index (χ0v) is 14.1. The van der Waals surface area contributed by atoms with Gasteiger partial charge in [-0.25, -0.2) is 0 Å². The monoisotopic (exact) mass is 333 g/mol. The smallest absolute Gasteiger partial charge is 0.221 e. The Morgan fingerprint density at radius 2 is 1.91 bits per heavy atom. The SMILES string of the molecule is CCNc1ccc(Nc2cc(C)c(O)cc2NC(C)=O)cc1Cl. The van der Waals surface area contributed by atoms with Crippen LogP contribution in [0.5, 0.6) is 5.75 Å². The molecule has 0 heterocycles. The van der Waals surface area contributed by atoms with Crippen LogP contribution in [0.25, 0.3) is 0 Å². The van der Waals surface area contributed by atoms with Gasteiger partial charge in [-0.2, -0.15) is 0 Å². The maximum absolute atomic E-state index is 11.3. The zero-order valence-electron chi connectivity index (χ0n) is 13.3. The summed E-state index contributed by atoms with van der Waals surface area (Å²) in [5, 5.41) is 19.5. The number of phenolic OH excluding ortho intramolecular Hbond substituents is 1. The van der Waals surface area contributed by atoms with Gasteiger partial charge in [0.25, 0.3) is 0 Å². The fourth-order valence-corrected chi connectivity index (χ4v) is 2.42. The van der Waals surface area contributed by atoms with Gasteiger partial charge < -0.3 is 21.1 Å². The van der Waals surface area contributed by atoms with E-state index in [2.05, 4.69) is 16.0 Å². The summed E-state index contributed by atoms with van der Waals surface area (Å²) >= 11 is 6.24. The molecule has 0 bridgehead atoms. The molecule has 2 aromatic carbocycles. The molecule has 0 saturated heterocycles. The Morgan fingerprint density at radius 3 is 2.52 bits per heavy atom. The topological polar surface area (TPSA) is 73.4 Å². The third-order valence-corrected chi connectivity index (χ3v) is 3.57. The second kappa shape index (κ2) is 7.24. The van der Waals surface area contributed by atoms with Crippen LogP contribution in [-0.4, -0.2) is 17.6 Å². The van der Waals surface area contributed by atoms with Crippen LogP contribution >= 0.6 is 11.6 Å². The van der Waals surface area contributed by atoms with Crippen LogP contribution in [0.4, 0.5) is 22.7 Å². The Kier molecular flexibility index (Phi) is 5.34. The van der Waals surface area contributed by atoms with Crippen molar-refractivity contribution in [1.82, 2.24) is 0 Å². The van der Waals surface area contributed by atoms with E-state index in [1.54, 1.807) is 19.1 Å². The highest BCUT2D eigenvalue weighted by molar-refractivity contribution is 6.33. The van der Waals surface area contributed by atoms with Crippen molar-refractivity contribution in [2.45, 2.75) is 20.8 Å². The molecule has 0 radical (unpaired) electrons. The molecule has 122 valence electrons. The second-order valence-electron chi connectivity index (χ2n) is 5.22. The highest BCUT2D eigenvalue weighted by atomic mass is 35.5. The van der Waals surface area contributed by atoms with Crippen LogP contribution in [0.15, 0.2) is 30.3 Å². The number of carbonyl (C=O) groups excluding carboxylic acids is 1. The Bertz CT molecular complexity index is 732. The molecule has 4 N–H and O–H groups in total. The number of benzene rings is 2. The Labute approximate surface area is 140 Å². The standard InChI is InChI=1S/C17H20ClN3O2/c1-4-19-14-6-5-12(8-13(14)18)21-15-7-10(2)17(23)9-16(15)20-11(3)22/h5-9,19,21,23H,4H2,1-3H3,(H,20,22). The second-order valence-corrected chi connectivity index (χ2v) is 5.62. The summed E-state index contributed by atoms with van der Waals surface area (Å²) in [4.78, 5) is 11.3. The van der Waals surface area contributed by atoms with E-state index in [4.69, 9.17) is 11.6 Å². The Morgan fingerprint density at radius 1 is 1.17 bits per heavy atom. The minimum absolute atomic E-state index is 0.125. The van der Waals surface area contributed by atoms with E-state index in [1.165, 1.54) is 13.0 Å². The number of halogens is 1. The molecule has 0 spiro atoms. The summed E-state index contributed by atoms with van der Waals surface area (Å²) < 4.78 is 0. The highest BCUT2D eigenvalue weighted by Gasteiger charge is 2.10. The fraction of sp³-hybridized carbons (Fsp3) is 0.235. The first-order valence-electron chi connectivity index (χ1n) is 7.32. The molecule has 0 saturated carbocycles. The van der Waals surface area contributed by atoms with E-state index < -0.39 is 0 Å². The fourth-order valence-electron chi connectivity index (χ4n) is 2.18. The Balaban J connectivity index is 2.33. The van der Waals surface area contributed by atoms with Gasteiger partial charge in [-0.1, -0.05) is 11.6 Å². The quantitative estimate of drug-likeness (QED) is 0.608. The number of anilines is 4. The molecular weight excluding hydrogens is 314 g/mol. The van der Waals surface area contributed by atoms with Crippen LogP contribution < -0.4 is 16.0 Å². The van der Waals surface area contributed by atoms with Crippen molar-refractivity contribution >= 4 is 40.3 Å². The van der Waals surface area contributed by atoms with Gasteiger partial charge in [-0.15, -0.1) is 0 Å². The van der Waals surface area contributed by atoms with Crippen molar-refractivity contribution < 1.29 is 9.90 Å². The van der Waals surface area contributed by atoms with Gasteiger partial charge in [0.05, 0.1) is 22.1 Å². The first-order chi connectivity index (χ1) is 10.9. The number of rotatable bonds is 5. The van der Waals surface area contributed by atoms with Crippen molar-refractivity contribution in [3.63, 3.8) is 0 Å². The summed E-state index contributed by atoms with van der Waals surface area (Å²) in [5.74, 6) is -0.0864. The zero-order chi connectivity index (χ0) is 17.0. The first-order valence-corrected chi connectivity index (χ1v) is 7.70. The molecule has 0 atom stereocenters. The first kappa shape index (κ1) is 17.0. The van der Waals surface area contributed by atoms with Gasteiger partial charge in [0, 0.05) is 25.2 Å². The van der Waals surface area contributed by atoms with Gasteiger partial charge in [0.1, 0.15) is 5.75 Å². The van der Waals surface area contributed by atoms with Crippen molar-refractivity contribution in [3.8, 4) is 5.75 Å². The molecule has 2 rings (SSSR count). The van der Waals surface area contributed by atoms with Crippen molar-refractivity contribution in [2.75, 3.05) is 22.5 Å². The number of amides is 1. The third kappa shape index (κ3) is 4.29. The molecule has 23 heavy (non-hydrogen) atoms. The third-order valence-electron chi connectivity index (χ3n) is 3.26. The molecular formula is C17H20ClN3O2. The normalized spacial score (nSPS) is 10.3. The van der Waals surface area contributed by atoms with Gasteiger partial charge in [0.2, 0.25) is 5.91 Å². The number of aromatic hydroxyl groups is 1. The largest absolute Gasteiger partial charge is 0.508 e. The van der Waals surface area contributed by atoms with Crippen molar-refractivity contribution in [1.29, 1.82) is 0 Å². The maximum atomic E-state index is 11.3. The lowest BCUT2D eigenvalue weighted by Gasteiger charge is -2.15. The van der Waals surface area contributed by atoms with Gasteiger partial charge in [-0.3, -0.25) is 4.79 Å². The molecule has 1 amide bonds. The maximum Gasteiger partial charge on any atom is 0.221 e. The van der Waals surface area contributed by atoms with E-state index in [0.29, 0.717) is 22.0 Å². The summed E-state index contributed by atoms with van der Waals surface area (Å²) in [5.41, 5.74) is 3.55. The molecule has 0 fully saturated rings. The average molecular weight is 334 g/mol. The van der Waals surface area contributed by atoms with E-state index in [0.717, 1.165) is 17.9 Å². The number of aryl methyl sites for hydroxylation is 1. The van der Waals surface area contributed by atoms with Crippen LogP contribution in [0.3, 0.4) is 0 Å². The lowest BCUT2D eigenvalue weighted by molar-refractivity contribution is -0.114. The minimum Gasteiger partial charge on any atom is -0.508 e. The number of hydrogen-bond donors (Lipinski definition) is 4. The summed E-state index contributed by atoms with van der Waals surface area (Å²) in [6.07, 6.45) is 0. The van der Waals surface area contributed by atoms with Crippen LogP contribution in [0, 0.1) is 6.92 Å². The van der Waals surface area contributed by atoms with E-state index in [1.807, 2.05) is 19.1 Å². The molecule has 5 nitrogen and oxygen atoms in total. The van der Waals surface area contributed by atoms with Crippen LogP contribution in [0.1, 0.15) is 19.4 Å². The molecule has 0 aromatic heterocycles. The number of carbonyl (C=O) groups is 1. The highest BCUT2D eigenvalue weighted by Crippen LogP contribution is 2.34. The minimum atomic E-state index is -0.211. The number of nitrogens with one attached hydrogen (secondary N) is 3. The molecule has 0 unspecified atom stereocenters. The lowest BCUT2D eigenvalue weighted by atomic mass is 10.1. The van der Waals surface area contributed by atoms with Crippen molar-refractivity contribution in [3.05, 3.63) is 40.9 Å². The van der Waals surface area contributed by atoms with Gasteiger partial charge in [0.15, 0.2) is 0 Å².